The fraction of sp³-hybridized carbons (Fsp3) is 0.229. The third-order valence-electron chi connectivity index (χ3n) is 16.1. The van der Waals surface area contributed by atoms with Crippen LogP contribution in [-0.4, -0.2) is 9.97 Å². The van der Waals surface area contributed by atoms with Gasteiger partial charge in [-0.25, -0.2) is 0 Å². The molecule has 6 heteroatoms. The number of hydrogen-bond donors (Lipinski definition) is 2. The zero-order valence-electron chi connectivity index (χ0n) is 45.4. The van der Waals surface area contributed by atoms with E-state index < -0.39 is 0 Å². The molecule has 0 unspecified atom stereocenters. The van der Waals surface area contributed by atoms with Crippen molar-refractivity contribution in [3.05, 3.63) is 177 Å². The van der Waals surface area contributed by atoms with Gasteiger partial charge in [0.15, 0.2) is 0 Å². The molecule has 9 aromatic carbocycles. The number of H-pyrrole nitrogens is 2. The smallest absolute Gasteiger partial charge is 0.0559 e. The predicted octanol–water partition coefficient (Wildman–Crippen LogP) is 23.1. The maximum absolute atomic E-state index is 4.25. The lowest BCUT2D eigenvalue weighted by atomic mass is 9.79. The van der Waals surface area contributed by atoms with Crippen LogP contribution in [0.25, 0.3) is 128 Å². The van der Waals surface area contributed by atoms with Crippen molar-refractivity contribution >= 4 is 138 Å². The van der Waals surface area contributed by atoms with Crippen LogP contribution in [0.1, 0.15) is 105 Å². The Morgan fingerprint density at radius 3 is 1.04 bits per heavy atom. The second kappa shape index (κ2) is 17.2. The van der Waals surface area contributed by atoms with Gasteiger partial charge in [0.05, 0.1) is 11.0 Å². The van der Waals surface area contributed by atoms with Gasteiger partial charge in [-0.05, 0) is 126 Å². The van der Waals surface area contributed by atoms with E-state index in [0.29, 0.717) is 0 Å². The summed E-state index contributed by atoms with van der Waals surface area (Å²) in [6.07, 6.45) is 0. The molecule has 0 saturated heterocycles. The van der Waals surface area contributed by atoms with E-state index in [0.717, 1.165) is 42.1 Å². The van der Waals surface area contributed by atoms with E-state index in [2.05, 4.69) is 271 Å². The van der Waals surface area contributed by atoms with Crippen LogP contribution < -0.4 is 0 Å². The van der Waals surface area contributed by atoms with Crippen LogP contribution in [0.4, 0.5) is 0 Å². The van der Waals surface area contributed by atoms with Crippen LogP contribution >= 0.6 is 54.5 Å². The van der Waals surface area contributed by atoms with Crippen molar-refractivity contribution in [2.24, 2.45) is 0 Å². The van der Waals surface area contributed by atoms with E-state index in [1.807, 2.05) is 22.7 Å². The minimum atomic E-state index is 0.0211. The van der Waals surface area contributed by atoms with Crippen molar-refractivity contribution in [2.75, 3.05) is 0 Å². The highest BCUT2D eigenvalue weighted by molar-refractivity contribution is 9.11. The summed E-state index contributed by atoms with van der Waals surface area (Å²) in [4.78, 5) is 8.10. The quantitative estimate of drug-likeness (QED) is 0.176. The molecule has 378 valence electrons. The molecule has 0 bridgehead atoms. The Morgan fingerprint density at radius 1 is 0.329 bits per heavy atom. The molecule has 2 nitrogen and oxygen atoms in total. The number of nitrogens with one attached hydrogen (secondary N) is 2. The Hall–Kier alpha value is -6.02. The van der Waals surface area contributed by atoms with E-state index in [9.17, 15) is 0 Å². The maximum atomic E-state index is 4.25. The summed E-state index contributed by atoms with van der Waals surface area (Å²) < 4.78 is 7.29. The first-order chi connectivity index (χ1) is 36.0. The third-order valence-corrected chi connectivity index (χ3v) is 19.8. The van der Waals surface area contributed by atoms with Gasteiger partial charge in [0.25, 0.3) is 0 Å². The van der Waals surface area contributed by atoms with Crippen molar-refractivity contribution in [3.8, 4) is 44.5 Å². The summed E-state index contributed by atoms with van der Waals surface area (Å²) >= 11 is 12.3. The summed E-state index contributed by atoms with van der Waals surface area (Å²) in [7, 11) is 0. The largest absolute Gasteiger partial charge is 0.354 e. The summed E-state index contributed by atoms with van der Waals surface area (Å²) in [6, 6.07) is 55.9. The Bertz CT molecular complexity index is 4220. The van der Waals surface area contributed by atoms with Gasteiger partial charge in [-0.15, -0.1) is 22.7 Å². The van der Waals surface area contributed by atoms with Gasteiger partial charge >= 0.3 is 0 Å². The monoisotopic (exact) mass is 1150 g/mol. The molecule has 0 aliphatic carbocycles. The van der Waals surface area contributed by atoms with Gasteiger partial charge in [0.1, 0.15) is 0 Å². The number of aromatic nitrogens is 2. The number of thiophene rings is 2. The summed E-state index contributed by atoms with van der Waals surface area (Å²) in [6.45, 7) is 27.8. The summed E-state index contributed by atoms with van der Waals surface area (Å²) in [5.41, 5.74) is 19.6. The highest BCUT2D eigenvalue weighted by Crippen LogP contribution is 2.51. The number of fused-ring (bicyclic) bond motifs is 14. The minimum absolute atomic E-state index is 0.0211. The van der Waals surface area contributed by atoms with Crippen molar-refractivity contribution in [1.29, 1.82) is 0 Å². The van der Waals surface area contributed by atoms with Crippen LogP contribution in [0.15, 0.2) is 155 Å². The highest BCUT2D eigenvalue weighted by Gasteiger charge is 2.26. The lowest BCUT2D eigenvalue weighted by Crippen LogP contribution is -2.16. The minimum Gasteiger partial charge on any atom is -0.354 e. The van der Waals surface area contributed by atoms with Crippen LogP contribution in [0.5, 0.6) is 0 Å². The summed E-state index contributed by atoms with van der Waals surface area (Å²) in [5, 5.41) is 10.2. The van der Waals surface area contributed by atoms with Gasteiger partial charge in [-0.3, -0.25) is 0 Å². The first-order valence-electron chi connectivity index (χ1n) is 26.6. The average molecular weight is 1160 g/mol. The molecular formula is C70H62Br2N2S2. The molecule has 0 saturated carbocycles. The van der Waals surface area contributed by atoms with Gasteiger partial charge in [0.2, 0.25) is 0 Å². The lowest BCUT2D eigenvalue weighted by Gasteiger charge is -2.26. The zero-order valence-corrected chi connectivity index (χ0v) is 50.2. The number of aromatic amines is 2. The maximum Gasteiger partial charge on any atom is 0.0559 e. The van der Waals surface area contributed by atoms with E-state index in [-0.39, 0.29) is 21.7 Å². The molecule has 2 N–H and O–H groups in total. The first kappa shape index (κ1) is 49.5. The zero-order chi connectivity index (χ0) is 53.1. The Kier molecular flexibility index (Phi) is 11.2. The molecule has 13 aromatic rings. The Labute approximate surface area is 470 Å². The Morgan fingerprint density at radius 2 is 0.684 bits per heavy atom. The molecule has 4 heterocycles. The molecular weight excluding hydrogens is 1090 g/mol. The normalized spacial score (nSPS) is 13.1. The van der Waals surface area contributed by atoms with Crippen LogP contribution in [0, 0.1) is 0 Å². The van der Waals surface area contributed by atoms with Gasteiger partial charge in [-0.1, -0.05) is 212 Å². The molecule has 0 aliphatic rings. The molecule has 76 heavy (non-hydrogen) atoms. The van der Waals surface area contributed by atoms with Gasteiger partial charge in [-0.2, -0.15) is 0 Å². The molecule has 0 radical (unpaired) electrons. The predicted molar refractivity (Wildman–Crippen MR) is 343 cm³/mol. The molecule has 0 amide bonds. The van der Waals surface area contributed by atoms with Crippen LogP contribution in [-0.2, 0) is 21.7 Å². The molecule has 0 atom stereocenters. The van der Waals surface area contributed by atoms with Gasteiger partial charge in [0, 0.05) is 93.0 Å². The topological polar surface area (TPSA) is 31.6 Å². The fourth-order valence-corrected chi connectivity index (χ4v) is 15.2. The molecule has 4 aromatic heterocycles. The van der Waals surface area contributed by atoms with E-state index in [1.54, 1.807) is 0 Å². The summed E-state index contributed by atoms with van der Waals surface area (Å²) in [5.74, 6) is 0. The van der Waals surface area contributed by atoms with Crippen molar-refractivity contribution in [1.82, 2.24) is 9.97 Å². The van der Waals surface area contributed by atoms with Crippen LogP contribution in [0.2, 0.25) is 0 Å². The second-order valence-corrected chi connectivity index (χ2v) is 29.3. The first-order valence-corrected chi connectivity index (χ1v) is 29.8. The third kappa shape index (κ3) is 8.11. The van der Waals surface area contributed by atoms with E-state index >= 15 is 0 Å². The number of halogens is 2. The highest BCUT2D eigenvalue weighted by atomic mass is 79.9. The van der Waals surface area contributed by atoms with Crippen molar-refractivity contribution in [3.63, 3.8) is 0 Å². The van der Waals surface area contributed by atoms with Crippen molar-refractivity contribution in [2.45, 2.75) is 105 Å². The second-order valence-electron chi connectivity index (χ2n) is 25.5. The average Bonchev–Trinajstić information content (AvgIpc) is 4.20. The SMILES string of the molecule is CC(C)(C)c1cc(-c2ccc3c(c2)[nH]c2c(-c4cc(Br)c(-c5cc6c7ccccc7sc6c6c5[nH]c5cc(-c7cc(C(C)(C)C)cc(C(C)(C)C)c7)ccc56)cc4Br)cc4c5ccccc5sc4c23)cc(C(C)(C)C)c1. The molecule has 0 aliphatic heterocycles. The standard InChI is InChI=1S/C70H62Br2N2S2/c1-67(2,3)41-25-39(26-42(31-41)68(4,5)6)37-21-23-47-57(29-37)73-63-51(33-53-45-17-13-15-19-59(45)75-65(53)61(47)63)49-35-56(72)50(36-55(49)71)52-34-54-46-18-14-16-20-60(46)76-66(54)62-48-24-22-38(30-58(48)74-64(52)62)40-27-43(69(7,8)9)32-44(28-40)70(10,11)12/h13-36,73-74H,1-12H3. The number of rotatable bonds is 4. The number of benzene rings is 9. The van der Waals surface area contributed by atoms with E-state index in [4.69, 9.17) is 0 Å². The van der Waals surface area contributed by atoms with Crippen LogP contribution in [0.3, 0.4) is 0 Å². The molecule has 13 rings (SSSR count). The lowest BCUT2D eigenvalue weighted by molar-refractivity contribution is 0.568. The van der Waals surface area contributed by atoms with Gasteiger partial charge < -0.3 is 9.97 Å². The van der Waals surface area contributed by atoms with Crippen molar-refractivity contribution < 1.29 is 0 Å². The Balaban J connectivity index is 1.02. The van der Waals surface area contributed by atoms with E-state index in [1.165, 1.54) is 118 Å². The molecule has 0 fully saturated rings. The number of hydrogen-bond acceptors (Lipinski definition) is 2. The molecule has 0 spiro atoms. The fourth-order valence-electron chi connectivity index (χ4n) is 11.6.